The maximum Gasteiger partial charge on any atom is 0.287 e. The normalized spacial score (nSPS) is 30.1. The summed E-state index contributed by atoms with van der Waals surface area (Å²) in [6.07, 6.45) is 5.85. The van der Waals surface area contributed by atoms with Gasteiger partial charge in [-0.25, -0.2) is 4.98 Å². The second kappa shape index (κ2) is 4.53. The second-order valence-corrected chi connectivity index (χ2v) is 4.96. The van der Waals surface area contributed by atoms with E-state index in [0.717, 1.165) is 12.8 Å². The van der Waals surface area contributed by atoms with E-state index in [2.05, 4.69) is 10.3 Å². The maximum atomic E-state index is 10.5. The van der Waals surface area contributed by atoms with Crippen LogP contribution in [0.15, 0.2) is 18.3 Å². The van der Waals surface area contributed by atoms with Crippen LogP contribution in [0, 0.1) is 10.1 Å². The Hall–Kier alpha value is -1.69. The van der Waals surface area contributed by atoms with E-state index >= 15 is 0 Å². The predicted molar refractivity (Wildman–Crippen MR) is 64.5 cm³/mol. The van der Waals surface area contributed by atoms with Crippen LogP contribution in [-0.2, 0) is 0 Å². The summed E-state index contributed by atoms with van der Waals surface area (Å²) in [7, 11) is 0. The van der Waals surface area contributed by atoms with Crippen molar-refractivity contribution in [1.29, 1.82) is 0 Å². The van der Waals surface area contributed by atoms with E-state index in [1.807, 2.05) is 0 Å². The van der Waals surface area contributed by atoms with Crippen molar-refractivity contribution in [2.45, 2.75) is 43.9 Å². The predicted octanol–water partition coefficient (Wildman–Crippen LogP) is 1.65. The number of ether oxygens (including phenoxy) is 1. The lowest BCUT2D eigenvalue weighted by atomic mass is 10.0. The molecule has 0 saturated carbocycles. The second-order valence-electron chi connectivity index (χ2n) is 4.96. The Morgan fingerprint density at radius 3 is 2.61 bits per heavy atom. The van der Waals surface area contributed by atoms with Crippen molar-refractivity contribution in [3.63, 3.8) is 0 Å². The molecular formula is C12H15N3O3. The fourth-order valence-electron chi connectivity index (χ4n) is 2.82. The Morgan fingerprint density at radius 1 is 1.33 bits per heavy atom. The van der Waals surface area contributed by atoms with Crippen molar-refractivity contribution < 1.29 is 9.66 Å². The molecule has 3 rings (SSSR count). The highest BCUT2D eigenvalue weighted by atomic mass is 16.6. The van der Waals surface area contributed by atoms with Gasteiger partial charge in [-0.05, 0) is 25.7 Å². The number of piperidine rings is 1. The molecule has 6 heteroatoms. The molecule has 0 amide bonds. The quantitative estimate of drug-likeness (QED) is 0.651. The van der Waals surface area contributed by atoms with E-state index < -0.39 is 4.92 Å². The SMILES string of the molecule is O=[N+]([O-])c1ccc(OC2CC3CCC(C2)N3)nc1. The zero-order valence-electron chi connectivity index (χ0n) is 9.91. The highest BCUT2D eigenvalue weighted by molar-refractivity contribution is 5.29. The monoisotopic (exact) mass is 249 g/mol. The molecule has 3 heterocycles. The van der Waals surface area contributed by atoms with Crippen LogP contribution >= 0.6 is 0 Å². The third-order valence-electron chi connectivity index (χ3n) is 3.65. The minimum atomic E-state index is -0.457. The van der Waals surface area contributed by atoms with Crippen molar-refractivity contribution in [3.8, 4) is 5.88 Å². The number of pyridine rings is 1. The van der Waals surface area contributed by atoms with Gasteiger partial charge in [0.05, 0.1) is 4.92 Å². The summed E-state index contributed by atoms with van der Waals surface area (Å²) < 4.78 is 5.80. The molecule has 1 N–H and O–H groups in total. The summed E-state index contributed by atoms with van der Waals surface area (Å²) in [6.45, 7) is 0. The minimum absolute atomic E-state index is 0.00673. The molecule has 2 saturated heterocycles. The third-order valence-corrected chi connectivity index (χ3v) is 3.65. The van der Waals surface area contributed by atoms with Gasteiger partial charge in [0, 0.05) is 24.2 Å². The minimum Gasteiger partial charge on any atom is -0.474 e. The standard InChI is InChI=1S/C12H15N3O3/c16-15(17)10-3-4-12(13-7-10)18-11-5-8-1-2-9(6-11)14-8/h3-4,7-9,11,14H,1-2,5-6H2. The third kappa shape index (κ3) is 2.28. The fraction of sp³-hybridized carbons (Fsp3) is 0.583. The highest BCUT2D eigenvalue weighted by Gasteiger charge is 2.34. The highest BCUT2D eigenvalue weighted by Crippen LogP contribution is 2.29. The fourth-order valence-corrected chi connectivity index (χ4v) is 2.82. The molecule has 18 heavy (non-hydrogen) atoms. The lowest BCUT2D eigenvalue weighted by Gasteiger charge is -2.29. The van der Waals surface area contributed by atoms with Crippen molar-refractivity contribution >= 4 is 5.69 Å². The summed E-state index contributed by atoms with van der Waals surface area (Å²) in [5, 5.41) is 14.1. The lowest BCUT2D eigenvalue weighted by molar-refractivity contribution is -0.385. The van der Waals surface area contributed by atoms with Crippen LogP contribution in [0.2, 0.25) is 0 Å². The van der Waals surface area contributed by atoms with Gasteiger partial charge >= 0.3 is 0 Å². The van der Waals surface area contributed by atoms with Crippen LogP contribution in [0.25, 0.3) is 0 Å². The largest absolute Gasteiger partial charge is 0.474 e. The topological polar surface area (TPSA) is 77.3 Å². The van der Waals surface area contributed by atoms with Gasteiger partial charge < -0.3 is 10.1 Å². The summed E-state index contributed by atoms with van der Waals surface area (Å²) in [5.74, 6) is 0.479. The van der Waals surface area contributed by atoms with Gasteiger partial charge in [0.1, 0.15) is 12.3 Å². The zero-order chi connectivity index (χ0) is 12.5. The van der Waals surface area contributed by atoms with E-state index in [9.17, 15) is 10.1 Å². The number of nitrogens with one attached hydrogen (secondary N) is 1. The van der Waals surface area contributed by atoms with Gasteiger partial charge in [-0.2, -0.15) is 0 Å². The molecule has 0 aromatic carbocycles. The number of hydrogen-bond acceptors (Lipinski definition) is 5. The molecule has 2 unspecified atom stereocenters. The van der Waals surface area contributed by atoms with Crippen molar-refractivity contribution in [2.75, 3.05) is 0 Å². The van der Waals surface area contributed by atoms with E-state index in [4.69, 9.17) is 4.74 Å². The van der Waals surface area contributed by atoms with Crippen LogP contribution in [0.4, 0.5) is 5.69 Å². The summed E-state index contributed by atoms with van der Waals surface area (Å²) in [4.78, 5) is 14.0. The Morgan fingerprint density at radius 2 is 2.06 bits per heavy atom. The number of aromatic nitrogens is 1. The van der Waals surface area contributed by atoms with Gasteiger partial charge in [0.2, 0.25) is 5.88 Å². The van der Waals surface area contributed by atoms with Crippen molar-refractivity contribution in [3.05, 3.63) is 28.4 Å². The van der Waals surface area contributed by atoms with Crippen LogP contribution in [0.5, 0.6) is 5.88 Å². The Labute approximate surface area is 105 Å². The molecule has 2 atom stereocenters. The van der Waals surface area contributed by atoms with Crippen molar-refractivity contribution in [1.82, 2.24) is 10.3 Å². The number of nitro groups is 1. The molecular weight excluding hydrogens is 234 g/mol. The molecule has 2 bridgehead atoms. The van der Waals surface area contributed by atoms with Crippen LogP contribution < -0.4 is 10.1 Å². The first kappa shape index (κ1) is 11.4. The van der Waals surface area contributed by atoms with Gasteiger partial charge in [-0.3, -0.25) is 10.1 Å². The van der Waals surface area contributed by atoms with Crippen LogP contribution in [-0.4, -0.2) is 28.1 Å². The van der Waals surface area contributed by atoms with E-state index in [1.54, 1.807) is 6.07 Å². The number of rotatable bonds is 3. The van der Waals surface area contributed by atoms with Crippen LogP contribution in [0.3, 0.4) is 0 Å². The first-order valence-corrected chi connectivity index (χ1v) is 6.24. The zero-order valence-corrected chi connectivity index (χ0v) is 9.91. The Balaban J connectivity index is 1.64. The molecule has 96 valence electrons. The smallest absolute Gasteiger partial charge is 0.287 e. The van der Waals surface area contributed by atoms with Gasteiger partial charge in [0.15, 0.2) is 0 Å². The average Bonchev–Trinajstić information content (AvgIpc) is 2.69. The summed E-state index contributed by atoms with van der Waals surface area (Å²) in [6, 6.07) is 4.12. The first-order chi connectivity index (χ1) is 8.70. The van der Waals surface area contributed by atoms with E-state index in [1.165, 1.54) is 25.1 Å². The lowest BCUT2D eigenvalue weighted by Crippen LogP contribution is -2.42. The average molecular weight is 249 g/mol. The molecule has 0 aliphatic carbocycles. The molecule has 2 aliphatic rings. The number of fused-ring (bicyclic) bond motifs is 2. The molecule has 2 aliphatic heterocycles. The van der Waals surface area contributed by atoms with E-state index in [0.29, 0.717) is 18.0 Å². The van der Waals surface area contributed by atoms with E-state index in [-0.39, 0.29) is 11.8 Å². The maximum absolute atomic E-state index is 10.5. The molecule has 0 radical (unpaired) electrons. The molecule has 6 nitrogen and oxygen atoms in total. The van der Waals surface area contributed by atoms with Gasteiger partial charge in [0.25, 0.3) is 5.69 Å². The van der Waals surface area contributed by atoms with Gasteiger partial charge in [-0.1, -0.05) is 0 Å². The van der Waals surface area contributed by atoms with Crippen LogP contribution in [0.1, 0.15) is 25.7 Å². The number of nitrogens with zero attached hydrogens (tertiary/aromatic N) is 2. The summed E-state index contributed by atoms with van der Waals surface area (Å²) in [5.41, 5.74) is -0.00673. The summed E-state index contributed by atoms with van der Waals surface area (Å²) >= 11 is 0. The Bertz CT molecular complexity index is 436. The molecule has 1 aromatic heterocycles. The molecule has 1 aromatic rings. The van der Waals surface area contributed by atoms with Gasteiger partial charge in [-0.15, -0.1) is 0 Å². The molecule has 2 fully saturated rings. The Kier molecular flexibility index (Phi) is 2.87. The first-order valence-electron chi connectivity index (χ1n) is 6.24. The molecule has 0 spiro atoms. The van der Waals surface area contributed by atoms with Crippen molar-refractivity contribution in [2.24, 2.45) is 0 Å². The number of hydrogen-bond donors (Lipinski definition) is 1.